The van der Waals surface area contributed by atoms with Gasteiger partial charge in [0.15, 0.2) is 12.0 Å². The Hall–Kier alpha value is -2.37. The molecule has 0 aliphatic heterocycles. The number of aromatic nitrogens is 1. The lowest BCUT2D eigenvalue weighted by Crippen LogP contribution is -2.32. The van der Waals surface area contributed by atoms with Crippen molar-refractivity contribution in [1.82, 2.24) is 10.3 Å². The number of carboxylic acids is 1. The maximum absolute atomic E-state index is 10.8. The Morgan fingerprint density at radius 2 is 2.24 bits per heavy atom. The van der Waals surface area contributed by atoms with Gasteiger partial charge in [-0.2, -0.15) is 0 Å². The Labute approximate surface area is 96.3 Å². The summed E-state index contributed by atoms with van der Waals surface area (Å²) in [5.41, 5.74) is 2.38. The van der Waals surface area contributed by atoms with Crippen LogP contribution in [0.2, 0.25) is 0 Å². The van der Waals surface area contributed by atoms with E-state index in [-0.39, 0.29) is 6.54 Å². The number of carboxylic acid groups (broad SMARTS) is 1. The van der Waals surface area contributed by atoms with Gasteiger partial charge in [0.2, 0.25) is 0 Å². The van der Waals surface area contributed by atoms with E-state index >= 15 is 0 Å². The number of oxazole rings is 1. The van der Waals surface area contributed by atoms with Crippen LogP contribution in [0.3, 0.4) is 0 Å². The zero-order chi connectivity index (χ0) is 12.3. The number of hydrogen-bond donors (Lipinski definition) is 2. The first-order chi connectivity index (χ1) is 8.16. The third-order valence-corrected chi connectivity index (χ3v) is 2.29. The van der Waals surface area contributed by atoms with E-state index in [1.165, 1.54) is 6.39 Å². The summed E-state index contributed by atoms with van der Waals surface area (Å²) >= 11 is 0. The van der Waals surface area contributed by atoms with Crippen molar-refractivity contribution >= 4 is 23.0 Å². The highest BCUT2D eigenvalue weighted by molar-refractivity contribution is 6.31. The molecule has 1 heterocycles. The summed E-state index contributed by atoms with van der Waals surface area (Å²) in [6, 6.07) is 5.49. The van der Waals surface area contributed by atoms with Crippen molar-refractivity contribution in [3.63, 3.8) is 0 Å². The summed E-state index contributed by atoms with van der Waals surface area (Å²) < 4.78 is 5.13. The molecule has 0 fully saturated rings. The molecule has 2 rings (SSSR count). The molecular formula is C11H10N2O4. The quantitative estimate of drug-likeness (QED) is 0.757. The van der Waals surface area contributed by atoms with Crippen molar-refractivity contribution in [2.75, 3.05) is 6.54 Å². The molecule has 2 N–H and O–H groups in total. The largest absolute Gasteiger partial charge is 0.474 e. The number of nitrogens with zero attached hydrogens (tertiary/aromatic N) is 1. The van der Waals surface area contributed by atoms with E-state index in [4.69, 9.17) is 9.52 Å². The van der Waals surface area contributed by atoms with E-state index in [0.717, 1.165) is 11.1 Å². The first-order valence-corrected chi connectivity index (χ1v) is 5.00. The summed E-state index contributed by atoms with van der Waals surface area (Å²) in [6.07, 6.45) is 1.90. The summed E-state index contributed by atoms with van der Waals surface area (Å²) in [6.45, 7) is 0.269. The Morgan fingerprint density at radius 1 is 1.41 bits per heavy atom. The highest BCUT2D eigenvalue weighted by atomic mass is 16.4. The number of carbonyl (C=O) groups is 2. The average molecular weight is 234 g/mol. The number of carbonyl (C=O) groups excluding carboxylic acids is 1. The second-order valence-electron chi connectivity index (χ2n) is 3.47. The molecule has 1 aromatic heterocycles. The molecule has 6 heteroatoms. The minimum absolute atomic E-state index is 0.269. The fourth-order valence-corrected chi connectivity index (χ4v) is 1.45. The Morgan fingerprint density at radius 3 is 3.00 bits per heavy atom. The van der Waals surface area contributed by atoms with Gasteiger partial charge in [-0.15, -0.1) is 0 Å². The van der Waals surface area contributed by atoms with Crippen molar-refractivity contribution in [3.05, 3.63) is 30.2 Å². The topological polar surface area (TPSA) is 92.4 Å². The predicted molar refractivity (Wildman–Crippen MR) is 58.4 cm³/mol. The van der Waals surface area contributed by atoms with Gasteiger partial charge >= 0.3 is 11.9 Å². The Bertz CT molecular complexity index is 561. The van der Waals surface area contributed by atoms with Gasteiger partial charge in [-0.25, -0.2) is 9.78 Å². The fourth-order valence-electron chi connectivity index (χ4n) is 1.45. The molecule has 2 aromatic rings. The van der Waals surface area contributed by atoms with Gasteiger partial charge in [-0.05, 0) is 24.1 Å². The molecule has 0 bridgehead atoms. The fraction of sp³-hybridized carbons (Fsp3) is 0.182. The summed E-state index contributed by atoms with van der Waals surface area (Å²) in [7, 11) is 0. The number of rotatable bonds is 3. The standard InChI is InChI=1S/C11H10N2O4/c14-10(11(15)16)12-4-3-7-1-2-8-9(5-7)17-6-13-8/h1-2,5-6H,3-4H2,(H,12,14)(H,15,16). The van der Waals surface area contributed by atoms with Gasteiger partial charge in [0.1, 0.15) is 5.52 Å². The number of nitrogens with one attached hydrogen (secondary N) is 1. The van der Waals surface area contributed by atoms with E-state index in [9.17, 15) is 9.59 Å². The maximum atomic E-state index is 10.8. The molecule has 0 radical (unpaired) electrons. The molecule has 88 valence electrons. The van der Waals surface area contributed by atoms with Crippen molar-refractivity contribution in [1.29, 1.82) is 0 Å². The minimum atomic E-state index is -1.48. The average Bonchev–Trinajstić information content (AvgIpc) is 2.75. The SMILES string of the molecule is O=C(O)C(=O)NCCc1ccc2ncoc2c1. The first-order valence-electron chi connectivity index (χ1n) is 5.00. The van der Waals surface area contributed by atoms with E-state index in [1.807, 2.05) is 18.2 Å². The molecule has 6 nitrogen and oxygen atoms in total. The lowest BCUT2D eigenvalue weighted by molar-refractivity contribution is -0.150. The number of hydrogen-bond acceptors (Lipinski definition) is 4. The van der Waals surface area contributed by atoms with Crippen LogP contribution in [0.4, 0.5) is 0 Å². The third kappa shape index (κ3) is 2.60. The number of benzene rings is 1. The molecule has 1 amide bonds. The van der Waals surface area contributed by atoms with Crippen LogP contribution in [-0.2, 0) is 16.0 Å². The van der Waals surface area contributed by atoms with Gasteiger partial charge in [-0.3, -0.25) is 4.79 Å². The van der Waals surface area contributed by atoms with Crippen molar-refractivity contribution in [2.24, 2.45) is 0 Å². The Balaban J connectivity index is 1.94. The van der Waals surface area contributed by atoms with Gasteiger partial charge in [0, 0.05) is 6.54 Å². The molecule has 1 aromatic carbocycles. The molecule has 0 unspecified atom stereocenters. The van der Waals surface area contributed by atoms with Crippen LogP contribution in [0.5, 0.6) is 0 Å². The van der Waals surface area contributed by atoms with Crippen LogP contribution < -0.4 is 5.32 Å². The normalized spacial score (nSPS) is 10.4. The van der Waals surface area contributed by atoms with E-state index < -0.39 is 11.9 Å². The smallest absolute Gasteiger partial charge is 0.394 e. The third-order valence-electron chi connectivity index (χ3n) is 2.29. The second-order valence-corrected chi connectivity index (χ2v) is 3.47. The lowest BCUT2D eigenvalue weighted by atomic mass is 10.1. The van der Waals surface area contributed by atoms with Crippen LogP contribution in [0.25, 0.3) is 11.1 Å². The molecule has 0 saturated heterocycles. The van der Waals surface area contributed by atoms with Crippen LogP contribution in [-0.4, -0.2) is 28.5 Å². The molecule has 17 heavy (non-hydrogen) atoms. The van der Waals surface area contributed by atoms with Crippen LogP contribution in [0.15, 0.2) is 29.0 Å². The Kier molecular flexibility index (Phi) is 3.04. The van der Waals surface area contributed by atoms with Gasteiger partial charge in [0.25, 0.3) is 0 Å². The van der Waals surface area contributed by atoms with Gasteiger partial charge in [0.05, 0.1) is 0 Å². The zero-order valence-electron chi connectivity index (χ0n) is 8.84. The van der Waals surface area contributed by atoms with Crippen molar-refractivity contribution < 1.29 is 19.1 Å². The highest BCUT2D eigenvalue weighted by Gasteiger charge is 2.09. The first kappa shape index (κ1) is 11.1. The van der Waals surface area contributed by atoms with Crippen LogP contribution >= 0.6 is 0 Å². The molecule has 0 aliphatic carbocycles. The number of amides is 1. The maximum Gasteiger partial charge on any atom is 0.394 e. The second kappa shape index (κ2) is 4.65. The van der Waals surface area contributed by atoms with E-state index in [2.05, 4.69) is 10.3 Å². The zero-order valence-corrected chi connectivity index (χ0v) is 8.84. The summed E-state index contributed by atoms with van der Waals surface area (Å²) in [5, 5.41) is 10.6. The van der Waals surface area contributed by atoms with Crippen molar-refractivity contribution in [2.45, 2.75) is 6.42 Å². The molecule has 0 spiro atoms. The highest BCUT2D eigenvalue weighted by Crippen LogP contribution is 2.14. The minimum Gasteiger partial charge on any atom is -0.474 e. The summed E-state index contributed by atoms with van der Waals surface area (Å²) in [5.74, 6) is -2.47. The van der Waals surface area contributed by atoms with Crippen molar-refractivity contribution in [3.8, 4) is 0 Å². The van der Waals surface area contributed by atoms with Crippen LogP contribution in [0.1, 0.15) is 5.56 Å². The van der Waals surface area contributed by atoms with Gasteiger partial charge < -0.3 is 14.8 Å². The predicted octanol–water partition coefficient (Wildman–Crippen LogP) is 0.571. The number of aliphatic carboxylic acids is 1. The molecular weight excluding hydrogens is 224 g/mol. The van der Waals surface area contributed by atoms with Crippen LogP contribution in [0, 0.1) is 0 Å². The van der Waals surface area contributed by atoms with E-state index in [0.29, 0.717) is 12.0 Å². The van der Waals surface area contributed by atoms with E-state index in [1.54, 1.807) is 0 Å². The summed E-state index contributed by atoms with van der Waals surface area (Å²) in [4.78, 5) is 25.0. The lowest BCUT2D eigenvalue weighted by Gasteiger charge is -2.02. The molecule has 0 saturated carbocycles. The monoisotopic (exact) mass is 234 g/mol. The molecule has 0 aliphatic rings. The molecule has 0 atom stereocenters. The number of fused-ring (bicyclic) bond motifs is 1. The van der Waals surface area contributed by atoms with Gasteiger partial charge in [-0.1, -0.05) is 6.07 Å².